The van der Waals surface area contributed by atoms with Gasteiger partial charge in [-0.3, -0.25) is 4.79 Å². The topological polar surface area (TPSA) is 67.5 Å². The van der Waals surface area contributed by atoms with Gasteiger partial charge in [-0.2, -0.15) is 0 Å². The lowest BCUT2D eigenvalue weighted by Gasteiger charge is -2.38. The summed E-state index contributed by atoms with van der Waals surface area (Å²) >= 11 is 5.97. The predicted molar refractivity (Wildman–Crippen MR) is 65.9 cm³/mol. The van der Waals surface area contributed by atoms with Gasteiger partial charge in [0, 0.05) is 25.9 Å². The molecule has 0 bridgehead atoms. The van der Waals surface area contributed by atoms with Crippen molar-refractivity contribution < 1.29 is 9.47 Å². The summed E-state index contributed by atoms with van der Waals surface area (Å²) in [6, 6.07) is 0. The molecule has 1 spiro atoms. The zero-order valence-electron chi connectivity index (χ0n) is 9.82. The van der Waals surface area contributed by atoms with Crippen molar-refractivity contribution in [3.63, 3.8) is 0 Å². The summed E-state index contributed by atoms with van der Waals surface area (Å²) in [5.41, 5.74) is -0.310. The summed E-state index contributed by atoms with van der Waals surface area (Å²) in [5.74, 6) is 0.109. The number of aromatic amines is 1. The summed E-state index contributed by atoms with van der Waals surface area (Å²) in [6.45, 7) is 2.75. The van der Waals surface area contributed by atoms with Crippen LogP contribution in [0.5, 0.6) is 0 Å². The molecule has 0 radical (unpaired) electrons. The highest BCUT2D eigenvalue weighted by Crippen LogP contribution is 2.33. The van der Waals surface area contributed by atoms with Crippen molar-refractivity contribution in [2.75, 3.05) is 31.2 Å². The molecule has 0 aliphatic carbocycles. The van der Waals surface area contributed by atoms with Gasteiger partial charge in [0.25, 0.3) is 5.56 Å². The fourth-order valence-corrected chi connectivity index (χ4v) is 2.66. The number of ether oxygens (including phenoxy) is 2. The number of aromatic nitrogens is 2. The van der Waals surface area contributed by atoms with Crippen molar-refractivity contribution in [3.05, 3.63) is 21.7 Å². The highest BCUT2D eigenvalue weighted by atomic mass is 35.5. The number of rotatable bonds is 1. The van der Waals surface area contributed by atoms with Crippen molar-refractivity contribution in [2.45, 2.75) is 18.6 Å². The van der Waals surface area contributed by atoms with E-state index < -0.39 is 5.79 Å². The molecule has 1 aromatic heterocycles. The van der Waals surface area contributed by atoms with Crippen LogP contribution in [0.1, 0.15) is 12.8 Å². The number of nitrogens with one attached hydrogen (secondary N) is 1. The van der Waals surface area contributed by atoms with Crippen LogP contribution in [0.2, 0.25) is 5.02 Å². The lowest BCUT2D eigenvalue weighted by molar-refractivity contribution is -0.169. The Morgan fingerprint density at radius 2 is 2.00 bits per heavy atom. The normalized spacial score (nSPS) is 22.6. The largest absolute Gasteiger partial charge is 0.355 e. The Labute approximate surface area is 109 Å². The Morgan fingerprint density at radius 1 is 1.33 bits per heavy atom. The van der Waals surface area contributed by atoms with E-state index in [0.717, 1.165) is 25.9 Å². The fourth-order valence-electron chi connectivity index (χ4n) is 2.44. The van der Waals surface area contributed by atoms with Crippen molar-refractivity contribution in [1.82, 2.24) is 9.97 Å². The maximum absolute atomic E-state index is 11.4. The van der Waals surface area contributed by atoms with Crippen LogP contribution in [0.25, 0.3) is 0 Å². The van der Waals surface area contributed by atoms with Gasteiger partial charge in [-0.1, -0.05) is 11.6 Å². The molecule has 2 aliphatic heterocycles. The molecular formula is C11H14ClN3O3. The summed E-state index contributed by atoms with van der Waals surface area (Å²) in [4.78, 5) is 20.0. The van der Waals surface area contributed by atoms with Gasteiger partial charge in [0.1, 0.15) is 5.02 Å². The van der Waals surface area contributed by atoms with Crippen LogP contribution in [0.3, 0.4) is 0 Å². The Morgan fingerprint density at radius 3 is 2.67 bits per heavy atom. The maximum Gasteiger partial charge on any atom is 0.271 e. The summed E-state index contributed by atoms with van der Waals surface area (Å²) in [7, 11) is 0. The third-order valence-electron chi connectivity index (χ3n) is 3.42. The van der Waals surface area contributed by atoms with Crippen molar-refractivity contribution in [3.8, 4) is 0 Å². The molecule has 2 saturated heterocycles. The van der Waals surface area contributed by atoms with Crippen LogP contribution in [-0.4, -0.2) is 42.1 Å². The first-order valence-electron chi connectivity index (χ1n) is 5.96. The number of H-pyrrole nitrogens is 1. The number of nitrogens with zero attached hydrogens (tertiary/aromatic N) is 2. The lowest BCUT2D eigenvalue weighted by Crippen LogP contribution is -2.45. The zero-order valence-corrected chi connectivity index (χ0v) is 10.6. The van der Waals surface area contributed by atoms with E-state index in [1.165, 1.54) is 6.33 Å². The smallest absolute Gasteiger partial charge is 0.271 e. The second kappa shape index (κ2) is 4.53. The number of hydrogen-bond donors (Lipinski definition) is 1. The first kappa shape index (κ1) is 12.0. The van der Waals surface area contributed by atoms with Gasteiger partial charge in [0.05, 0.1) is 19.5 Å². The second-order valence-corrected chi connectivity index (χ2v) is 4.84. The molecular weight excluding hydrogens is 258 g/mol. The SMILES string of the molecule is O=c1[nH]cnc(N2CCC3(CC2)OCCO3)c1Cl. The standard InChI is InChI=1S/C11H14ClN3O3/c12-8-9(13-7-14-10(8)16)15-3-1-11(2-4-15)17-5-6-18-11/h7H,1-6H2,(H,13,14,16). The molecule has 18 heavy (non-hydrogen) atoms. The van der Waals surface area contributed by atoms with Crippen LogP contribution in [0.4, 0.5) is 5.82 Å². The minimum Gasteiger partial charge on any atom is -0.355 e. The molecule has 0 aromatic carbocycles. The van der Waals surface area contributed by atoms with Crippen molar-refractivity contribution in [2.24, 2.45) is 0 Å². The molecule has 98 valence electrons. The Balaban J connectivity index is 1.76. The number of halogens is 1. The highest BCUT2D eigenvalue weighted by molar-refractivity contribution is 6.32. The van der Waals surface area contributed by atoms with E-state index in [-0.39, 0.29) is 10.6 Å². The summed E-state index contributed by atoms with van der Waals surface area (Å²) in [5, 5.41) is 0.140. The van der Waals surface area contributed by atoms with E-state index in [4.69, 9.17) is 21.1 Å². The van der Waals surface area contributed by atoms with Crippen molar-refractivity contribution in [1.29, 1.82) is 0 Å². The summed E-state index contributed by atoms with van der Waals surface area (Å²) in [6.07, 6.45) is 2.89. The monoisotopic (exact) mass is 271 g/mol. The molecule has 0 atom stereocenters. The van der Waals surface area contributed by atoms with Crippen molar-refractivity contribution >= 4 is 17.4 Å². The zero-order chi connectivity index (χ0) is 12.6. The minimum absolute atomic E-state index is 0.140. The first-order chi connectivity index (χ1) is 8.70. The van der Waals surface area contributed by atoms with Gasteiger partial charge in [0.2, 0.25) is 0 Å². The highest BCUT2D eigenvalue weighted by Gasteiger charge is 2.40. The Kier molecular flexibility index (Phi) is 3.01. The lowest BCUT2D eigenvalue weighted by atomic mass is 10.0. The van der Waals surface area contributed by atoms with E-state index in [9.17, 15) is 4.79 Å². The molecule has 0 unspecified atom stereocenters. The van der Waals surface area contributed by atoms with Gasteiger partial charge in [-0.25, -0.2) is 4.98 Å². The molecule has 2 fully saturated rings. The first-order valence-corrected chi connectivity index (χ1v) is 6.34. The molecule has 0 saturated carbocycles. The molecule has 1 N–H and O–H groups in total. The molecule has 2 aliphatic rings. The van der Waals surface area contributed by atoms with Gasteiger partial charge in [0.15, 0.2) is 11.6 Å². The average molecular weight is 272 g/mol. The van der Waals surface area contributed by atoms with Crippen LogP contribution in [0, 0.1) is 0 Å². The van der Waals surface area contributed by atoms with Gasteiger partial charge in [-0.15, -0.1) is 0 Å². The number of piperidine rings is 1. The van der Waals surface area contributed by atoms with Crippen LogP contribution < -0.4 is 10.5 Å². The fraction of sp³-hybridized carbons (Fsp3) is 0.636. The van der Waals surface area contributed by atoms with E-state index in [1.54, 1.807) is 0 Å². The van der Waals surface area contributed by atoms with E-state index >= 15 is 0 Å². The second-order valence-electron chi connectivity index (χ2n) is 4.46. The summed E-state index contributed by atoms with van der Waals surface area (Å²) < 4.78 is 11.3. The van der Waals surface area contributed by atoms with Gasteiger partial charge in [-0.05, 0) is 0 Å². The molecule has 1 aromatic rings. The van der Waals surface area contributed by atoms with Crippen LogP contribution in [-0.2, 0) is 9.47 Å². The van der Waals surface area contributed by atoms with E-state index in [0.29, 0.717) is 19.0 Å². The van der Waals surface area contributed by atoms with Crippen LogP contribution in [0.15, 0.2) is 11.1 Å². The predicted octanol–water partition coefficient (Wildman–Crippen LogP) is 0.767. The molecule has 6 nitrogen and oxygen atoms in total. The minimum atomic E-state index is -0.426. The van der Waals surface area contributed by atoms with E-state index in [1.807, 2.05) is 4.90 Å². The van der Waals surface area contributed by atoms with E-state index in [2.05, 4.69) is 9.97 Å². The average Bonchev–Trinajstić information content (AvgIpc) is 2.83. The Bertz CT molecular complexity index is 489. The number of hydrogen-bond acceptors (Lipinski definition) is 5. The molecule has 3 heterocycles. The number of anilines is 1. The third-order valence-corrected chi connectivity index (χ3v) is 3.76. The quantitative estimate of drug-likeness (QED) is 0.817. The maximum atomic E-state index is 11.4. The molecule has 7 heteroatoms. The van der Waals surface area contributed by atoms with Crippen LogP contribution >= 0.6 is 11.6 Å². The molecule has 3 rings (SSSR count). The molecule has 0 amide bonds. The third kappa shape index (κ3) is 2.00. The van der Waals surface area contributed by atoms with Gasteiger partial charge < -0.3 is 19.4 Å². The van der Waals surface area contributed by atoms with Gasteiger partial charge >= 0.3 is 0 Å². The Hall–Kier alpha value is -1.11.